The molecular weight excluding hydrogens is 188 g/mol. The first-order chi connectivity index (χ1) is 6.07. The Balaban J connectivity index is 2.08. The molecule has 0 saturated carbocycles. The zero-order valence-electron chi connectivity index (χ0n) is 7.37. The molecule has 13 heavy (non-hydrogen) atoms. The normalized spacial score (nSPS) is 19.8. The van der Waals surface area contributed by atoms with Gasteiger partial charge in [0.05, 0.1) is 10.6 Å². The van der Waals surface area contributed by atoms with Crippen LogP contribution in [0, 0.1) is 0 Å². The van der Waals surface area contributed by atoms with Crippen LogP contribution in [0.2, 0.25) is 5.02 Å². The molecule has 0 aromatic carbocycles. The summed E-state index contributed by atoms with van der Waals surface area (Å²) >= 11 is 5.70. The third-order valence-electron chi connectivity index (χ3n) is 2.10. The van der Waals surface area contributed by atoms with Crippen LogP contribution >= 0.6 is 11.6 Å². The molecule has 2 heterocycles. The lowest BCUT2D eigenvalue weighted by molar-refractivity contribution is 0.0305. The summed E-state index contributed by atoms with van der Waals surface area (Å²) in [4.78, 5) is 6.16. The molecule has 0 spiro atoms. The summed E-state index contributed by atoms with van der Waals surface area (Å²) in [6.45, 7) is 3.10. The second-order valence-corrected chi connectivity index (χ2v) is 4.12. The van der Waals surface area contributed by atoms with Crippen molar-refractivity contribution >= 4 is 17.4 Å². The summed E-state index contributed by atoms with van der Waals surface area (Å²) in [5, 5.41) is 10.1. The van der Waals surface area contributed by atoms with Crippen molar-refractivity contribution in [2.45, 2.75) is 12.5 Å². The number of hydrogen-bond donors (Lipinski definition) is 1. The second-order valence-electron chi connectivity index (χ2n) is 3.69. The van der Waals surface area contributed by atoms with Gasteiger partial charge in [-0.1, -0.05) is 11.6 Å². The molecule has 1 aromatic heterocycles. The maximum Gasteiger partial charge on any atom is 0.128 e. The van der Waals surface area contributed by atoms with Crippen LogP contribution in [-0.2, 0) is 0 Å². The van der Waals surface area contributed by atoms with E-state index < -0.39 is 5.60 Å². The smallest absolute Gasteiger partial charge is 0.128 e. The number of aromatic nitrogens is 1. The molecule has 0 aliphatic carbocycles. The number of pyridine rings is 1. The molecule has 0 unspecified atom stereocenters. The van der Waals surface area contributed by atoms with Crippen LogP contribution in [0.15, 0.2) is 18.3 Å². The highest BCUT2D eigenvalue weighted by atomic mass is 35.5. The Labute approximate surface area is 82.0 Å². The predicted molar refractivity (Wildman–Crippen MR) is 52.1 cm³/mol. The molecule has 0 bridgehead atoms. The Morgan fingerprint density at radius 1 is 1.54 bits per heavy atom. The van der Waals surface area contributed by atoms with Gasteiger partial charge >= 0.3 is 0 Å². The summed E-state index contributed by atoms with van der Waals surface area (Å²) < 4.78 is 0. The third kappa shape index (κ3) is 1.76. The molecule has 1 saturated heterocycles. The van der Waals surface area contributed by atoms with Crippen molar-refractivity contribution in [3.63, 3.8) is 0 Å². The number of halogens is 1. The van der Waals surface area contributed by atoms with Gasteiger partial charge in [0.25, 0.3) is 0 Å². The van der Waals surface area contributed by atoms with Gasteiger partial charge in [-0.2, -0.15) is 0 Å². The van der Waals surface area contributed by atoms with Gasteiger partial charge in [0.1, 0.15) is 5.82 Å². The van der Waals surface area contributed by atoms with Crippen molar-refractivity contribution in [2.75, 3.05) is 18.0 Å². The van der Waals surface area contributed by atoms with Crippen molar-refractivity contribution in [2.24, 2.45) is 0 Å². The highest BCUT2D eigenvalue weighted by Gasteiger charge is 2.36. The molecule has 1 aromatic rings. The number of rotatable bonds is 1. The van der Waals surface area contributed by atoms with Gasteiger partial charge in [0, 0.05) is 19.3 Å². The van der Waals surface area contributed by atoms with Gasteiger partial charge in [-0.05, 0) is 19.1 Å². The third-order valence-corrected chi connectivity index (χ3v) is 2.32. The largest absolute Gasteiger partial charge is 0.386 e. The maximum absolute atomic E-state index is 9.50. The molecule has 1 aliphatic rings. The molecular formula is C9H11ClN2O. The van der Waals surface area contributed by atoms with E-state index in [0.29, 0.717) is 18.1 Å². The van der Waals surface area contributed by atoms with Gasteiger partial charge in [-0.25, -0.2) is 4.98 Å². The molecule has 70 valence electrons. The van der Waals surface area contributed by atoms with E-state index in [0.717, 1.165) is 5.82 Å². The highest BCUT2D eigenvalue weighted by molar-refractivity contribution is 6.30. The fraction of sp³-hybridized carbons (Fsp3) is 0.444. The van der Waals surface area contributed by atoms with Gasteiger partial charge in [-0.3, -0.25) is 0 Å². The Morgan fingerprint density at radius 2 is 2.23 bits per heavy atom. The monoisotopic (exact) mass is 198 g/mol. The molecule has 0 atom stereocenters. The quantitative estimate of drug-likeness (QED) is 0.739. The predicted octanol–water partition coefficient (Wildman–Crippen LogP) is 1.31. The molecule has 1 aliphatic heterocycles. The lowest BCUT2D eigenvalue weighted by Gasteiger charge is -2.44. The van der Waals surface area contributed by atoms with Gasteiger partial charge < -0.3 is 10.0 Å². The molecule has 1 N–H and O–H groups in total. The fourth-order valence-corrected chi connectivity index (χ4v) is 1.60. The number of β-amino-alcohol motifs (C(OH)–C–C–N with tert-alkyl or cyclic N) is 1. The van der Waals surface area contributed by atoms with Crippen molar-refractivity contribution in [1.29, 1.82) is 0 Å². The van der Waals surface area contributed by atoms with Crippen molar-refractivity contribution in [3.05, 3.63) is 23.4 Å². The van der Waals surface area contributed by atoms with E-state index in [1.54, 1.807) is 12.3 Å². The lowest BCUT2D eigenvalue weighted by atomic mass is 9.97. The van der Waals surface area contributed by atoms with E-state index in [1.165, 1.54) is 0 Å². The van der Waals surface area contributed by atoms with Crippen LogP contribution in [0.4, 0.5) is 5.82 Å². The van der Waals surface area contributed by atoms with Crippen molar-refractivity contribution in [1.82, 2.24) is 4.98 Å². The van der Waals surface area contributed by atoms with Gasteiger partial charge in [-0.15, -0.1) is 0 Å². The topological polar surface area (TPSA) is 36.4 Å². The first-order valence-corrected chi connectivity index (χ1v) is 4.53. The molecule has 0 amide bonds. The minimum Gasteiger partial charge on any atom is -0.386 e. The molecule has 3 nitrogen and oxygen atoms in total. The Kier molecular flexibility index (Phi) is 1.93. The summed E-state index contributed by atoms with van der Waals surface area (Å²) in [6, 6.07) is 3.66. The SMILES string of the molecule is CC1(O)CN(c2ccc(Cl)cn2)C1. The number of nitrogens with zero attached hydrogens (tertiary/aromatic N) is 2. The summed E-state index contributed by atoms with van der Waals surface area (Å²) in [7, 11) is 0. The maximum atomic E-state index is 9.50. The highest BCUT2D eigenvalue weighted by Crippen LogP contribution is 2.25. The Hall–Kier alpha value is -0.800. The first-order valence-electron chi connectivity index (χ1n) is 4.16. The van der Waals surface area contributed by atoms with Gasteiger partial charge in [0.2, 0.25) is 0 Å². The number of anilines is 1. The van der Waals surface area contributed by atoms with Crippen LogP contribution in [0.25, 0.3) is 0 Å². The summed E-state index contributed by atoms with van der Waals surface area (Å²) in [5.41, 5.74) is -0.554. The average molecular weight is 199 g/mol. The molecule has 4 heteroatoms. The lowest BCUT2D eigenvalue weighted by Crippen LogP contribution is -2.60. The van der Waals surface area contributed by atoms with E-state index in [-0.39, 0.29) is 0 Å². The number of hydrogen-bond acceptors (Lipinski definition) is 3. The van der Waals surface area contributed by atoms with E-state index in [2.05, 4.69) is 4.98 Å². The van der Waals surface area contributed by atoms with Crippen LogP contribution in [0.5, 0.6) is 0 Å². The standard InChI is InChI=1S/C9H11ClN2O/c1-9(13)5-12(6-9)8-3-2-7(10)4-11-8/h2-4,13H,5-6H2,1H3. The van der Waals surface area contributed by atoms with Crippen LogP contribution in [0.1, 0.15) is 6.92 Å². The molecule has 1 fully saturated rings. The van der Waals surface area contributed by atoms with Crippen LogP contribution in [0.3, 0.4) is 0 Å². The zero-order valence-corrected chi connectivity index (χ0v) is 8.12. The zero-order chi connectivity index (χ0) is 9.47. The average Bonchev–Trinajstić information content (AvgIpc) is 2.01. The molecule has 0 radical (unpaired) electrons. The minimum atomic E-state index is -0.554. The van der Waals surface area contributed by atoms with E-state index in [1.807, 2.05) is 17.9 Å². The van der Waals surface area contributed by atoms with Crippen molar-refractivity contribution in [3.8, 4) is 0 Å². The Morgan fingerprint density at radius 3 is 2.69 bits per heavy atom. The van der Waals surface area contributed by atoms with E-state index >= 15 is 0 Å². The van der Waals surface area contributed by atoms with E-state index in [9.17, 15) is 5.11 Å². The van der Waals surface area contributed by atoms with Crippen molar-refractivity contribution < 1.29 is 5.11 Å². The summed E-state index contributed by atoms with van der Waals surface area (Å²) in [6.07, 6.45) is 1.62. The minimum absolute atomic E-state index is 0.554. The fourth-order valence-electron chi connectivity index (χ4n) is 1.49. The van der Waals surface area contributed by atoms with E-state index in [4.69, 9.17) is 11.6 Å². The van der Waals surface area contributed by atoms with Gasteiger partial charge in [0.15, 0.2) is 0 Å². The summed E-state index contributed by atoms with van der Waals surface area (Å²) in [5.74, 6) is 0.871. The second kappa shape index (κ2) is 2.86. The first kappa shape index (κ1) is 8.78. The number of aliphatic hydroxyl groups is 1. The van der Waals surface area contributed by atoms with Crippen LogP contribution < -0.4 is 4.90 Å². The molecule has 2 rings (SSSR count). The van der Waals surface area contributed by atoms with Crippen LogP contribution in [-0.4, -0.2) is 28.8 Å². The Bertz CT molecular complexity index is 302.